The van der Waals surface area contributed by atoms with Gasteiger partial charge in [0.1, 0.15) is 21.9 Å². The second kappa shape index (κ2) is 4.45. The lowest BCUT2D eigenvalue weighted by atomic mass is 10.2. The first kappa shape index (κ1) is 12.3. The van der Waals surface area contributed by atoms with E-state index in [2.05, 4.69) is 22.2 Å². The van der Waals surface area contributed by atoms with Gasteiger partial charge in [-0.3, -0.25) is 0 Å². The fourth-order valence-electron chi connectivity index (χ4n) is 2.44. The Morgan fingerprint density at radius 3 is 3.00 bits per heavy atom. The summed E-state index contributed by atoms with van der Waals surface area (Å²) in [5.74, 6) is 0.583. The molecular weight excluding hydrogens is 262 g/mol. The van der Waals surface area contributed by atoms with Crippen LogP contribution in [0.15, 0.2) is 6.33 Å². The van der Waals surface area contributed by atoms with Gasteiger partial charge in [-0.1, -0.05) is 13.3 Å². The molecule has 0 spiro atoms. The van der Waals surface area contributed by atoms with E-state index in [0.29, 0.717) is 16.8 Å². The first-order chi connectivity index (χ1) is 9.11. The molecule has 1 saturated carbocycles. The number of anilines is 1. The van der Waals surface area contributed by atoms with Crippen molar-refractivity contribution in [3.05, 3.63) is 16.8 Å². The van der Waals surface area contributed by atoms with Crippen molar-refractivity contribution in [1.82, 2.24) is 9.97 Å². The van der Waals surface area contributed by atoms with E-state index in [4.69, 9.17) is 0 Å². The Morgan fingerprint density at radius 2 is 2.37 bits per heavy atom. The average Bonchev–Trinajstić information content (AvgIpc) is 3.04. The summed E-state index contributed by atoms with van der Waals surface area (Å²) in [5, 5.41) is 13.4. The molecule has 1 fully saturated rings. The molecule has 0 saturated heterocycles. The summed E-state index contributed by atoms with van der Waals surface area (Å²) < 4.78 is 0. The predicted molar refractivity (Wildman–Crippen MR) is 74.9 cm³/mol. The SMILES string of the molecule is CCC1CC1Nc1ncnc2sc(C(=O)O)c(C)c12. The summed E-state index contributed by atoms with van der Waals surface area (Å²) in [6.45, 7) is 4.00. The van der Waals surface area contributed by atoms with Gasteiger partial charge in [-0.05, 0) is 24.8 Å². The minimum absolute atomic E-state index is 0.349. The minimum Gasteiger partial charge on any atom is -0.477 e. The zero-order valence-electron chi connectivity index (χ0n) is 10.8. The lowest BCUT2D eigenvalue weighted by Gasteiger charge is -2.06. The summed E-state index contributed by atoms with van der Waals surface area (Å²) in [5.41, 5.74) is 0.754. The van der Waals surface area contributed by atoms with E-state index in [-0.39, 0.29) is 0 Å². The molecule has 0 aromatic carbocycles. The van der Waals surface area contributed by atoms with E-state index in [9.17, 15) is 9.90 Å². The molecule has 2 unspecified atom stereocenters. The van der Waals surface area contributed by atoms with Crippen LogP contribution in [0.4, 0.5) is 5.82 Å². The molecule has 0 amide bonds. The number of nitrogens with zero attached hydrogens (tertiary/aromatic N) is 2. The average molecular weight is 277 g/mol. The van der Waals surface area contributed by atoms with Crippen molar-refractivity contribution < 1.29 is 9.90 Å². The van der Waals surface area contributed by atoms with Crippen molar-refractivity contribution in [2.75, 3.05) is 5.32 Å². The third-order valence-electron chi connectivity index (χ3n) is 3.69. The molecule has 0 radical (unpaired) electrons. The van der Waals surface area contributed by atoms with Crippen LogP contribution in [0.5, 0.6) is 0 Å². The van der Waals surface area contributed by atoms with Crippen LogP contribution in [0.3, 0.4) is 0 Å². The van der Waals surface area contributed by atoms with Crippen molar-refractivity contribution in [2.45, 2.75) is 32.7 Å². The maximum Gasteiger partial charge on any atom is 0.346 e. The number of carbonyl (C=O) groups is 1. The van der Waals surface area contributed by atoms with Crippen molar-refractivity contribution >= 4 is 33.3 Å². The van der Waals surface area contributed by atoms with Crippen molar-refractivity contribution in [3.8, 4) is 0 Å². The third-order valence-corrected chi connectivity index (χ3v) is 4.88. The quantitative estimate of drug-likeness (QED) is 0.898. The highest BCUT2D eigenvalue weighted by Crippen LogP contribution is 2.39. The van der Waals surface area contributed by atoms with Gasteiger partial charge in [0.25, 0.3) is 0 Å². The molecule has 2 aromatic heterocycles. The van der Waals surface area contributed by atoms with Crippen molar-refractivity contribution in [2.24, 2.45) is 5.92 Å². The lowest BCUT2D eigenvalue weighted by molar-refractivity contribution is 0.0701. The van der Waals surface area contributed by atoms with Crippen LogP contribution in [-0.2, 0) is 0 Å². The van der Waals surface area contributed by atoms with Crippen LogP contribution < -0.4 is 5.32 Å². The number of rotatable bonds is 4. The van der Waals surface area contributed by atoms with E-state index in [1.165, 1.54) is 17.7 Å². The first-order valence-corrected chi connectivity index (χ1v) is 7.17. The normalized spacial score (nSPS) is 21.6. The number of aromatic nitrogens is 2. The minimum atomic E-state index is -0.899. The standard InChI is InChI=1S/C13H15N3O2S/c1-3-7-4-8(7)16-11-9-6(2)10(13(17)18)19-12(9)15-5-14-11/h5,7-8H,3-4H2,1-2H3,(H,17,18)(H,14,15,16). The first-order valence-electron chi connectivity index (χ1n) is 6.35. The van der Waals surface area contributed by atoms with E-state index in [1.807, 2.05) is 6.92 Å². The molecule has 5 nitrogen and oxygen atoms in total. The fourth-order valence-corrected chi connectivity index (χ4v) is 3.42. The van der Waals surface area contributed by atoms with Gasteiger partial charge in [0.15, 0.2) is 0 Å². The largest absolute Gasteiger partial charge is 0.477 e. The smallest absolute Gasteiger partial charge is 0.346 e. The molecule has 2 aromatic rings. The van der Waals surface area contributed by atoms with Gasteiger partial charge in [-0.15, -0.1) is 11.3 Å². The second-order valence-corrected chi connectivity index (χ2v) is 5.92. The Kier molecular flexibility index (Phi) is 2.89. The van der Waals surface area contributed by atoms with Crippen molar-refractivity contribution in [1.29, 1.82) is 0 Å². The molecule has 0 bridgehead atoms. The number of carboxylic acids is 1. The number of hydrogen-bond donors (Lipinski definition) is 2. The molecule has 100 valence electrons. The third kappa shape index (κ3) is 2.06. The number of thiophene rings is 1. The zero-order chi connectivity index (χ0) is 13.6. The Labute approximate surface area is 114 Å². The van der Waals surface area contributed by atoms with Gasteiger partial charge in [-0.25, -0.2) is 14.8 Å². The van der Waals surface area contributed by atoms with E-state index >= 15 is 0 Å². The van der Waals surface area contributed by atoms with Gasteiger partial charge in [0.05, 0.1) is 5.39 Å². The fraction of sp³-hybridized carbons (Fsp3) is 0.462. The Morgan fingerprint density at radius 1 is 1.58 bits per heavy atom. The molecule has 6 heteroatoms. The van der Waals surface area contributed by atoms with Crippen LogP contribution in [0.2, 0.25) is 0 Å². The number of nitrogens with one attached hydrogen (secondary N) is 1. The van der Waals surface area contributed by atoms with Crippen LogP contribution in [0.25, 0.3) is 10.2 Å². The van der Waals surface area contributed by atoms with Gasteiger partial charge >= 0.3 is 5.97 Å². The number of hydrogen-bond acceptors (Lipinski definition) is 5. The molecule has 19 heavy (non-hydrogen) atoms. The predicted octanol–water partition coefficient (Wildman–Crippen LogP) is 2.91. The number of aryl methyl sites for hydroxylation is 1. The Hall–Kier alpha value is -1.69. The summed E-state index contributed by atoms with van der Waals surface area (Å²) in [4.78, 5) is 20.7. The van der Waals surface area contributed by atoms with E-state index in [0.717, 1.165) is 34.4 Å². The van der Waals surface area contributed by atoms with Gasteiger partial charge < -0.3 is 10.4 Å². The van der Waals surface area contributed by atoms with Crippen LogP contribution in [-0.4, -0.2) is 27.1 Å². The van der Waals surface area contributed by atoms with Crippen LogP contribution in [0, 0.1) is 12.8 Å². The van der Waals surface area contributed by atoms with Gasteiger partial charge in [0.2, 0.25) is 0 Å². The number of aromatic carboxylic acids is 1. The Balaban J connectivity index is 2.02. The summed E-state index contributed by atoms with van der Waals surface area (Å²) in [6, 6.07) is 0.468. The van der Waals surface area contributed by atoms with Gasteiger partial charge in [0, 0.05) is 6.04 Å². The number of carboxylic acid groups (broad SMARTS) is 1. The maximum atomic E-state index is 11.2. The van der Waals surface area contributed by atoms with E-state index < -0.39 is 5.97 Å². The Bertz CT molecular complexity index is 653. The second-order valence-electron chi connectivity index (χ2n) is 4.92. The molecule has 0 aliphatic heterocycles. The molecular formula is C13H15N3O2S. The zero-order valence-corrected chi connectivity index (χ0v) is 11.6. The monoisotopic (exact) mass is 277 g/mol. The topological polar surface area (TPSA) is 75.1 Å². The highest BCUT2D eigenvalue weighted by molar-refractivity contribution is 7.20. The molecule has 1 aliphatic carbocycles. The molecule has 3 rings (SSSR count). The summed E-state index contributed by atoms with van der Waals surface area (Å²) in [7, 11) is 0. The van der Waals surface area contributed by atoms with E-state index in [1.54, 1.807) is 0 Å². The number of fused-ring (bicyclic) bond motifs is 1. The highest BCUT2D eigenvalue weighted by Gasteiger charge is 2.36. The van der Waals surface area contributed by atoms with Gasteiger partial charge in [-0.2, -0.15) is 0 Å². The van der Waals surface area contributed by atoms with Crippen molar-refractivity contribution in [3.63, 3.8) is 0 Å². The highest BCUT2D eigenvalue weighted by atomic mass is 32.1. The molecule has 2 N–H and O–H groups in total. The molecule has 1 aliphatic rings. The van der Waals surface area contributed by atoms with Crippen LogP contribution >= 0.6 is 11.3 Å². The lowest BCUT2D eigenvalue weighted by Crippen LogP contribution is -2.06. The van der Waals surface area contributed by atoms with Crippen LogP contribution in [0.1, 0.15) is 35.0 Å². The summed E-state index contributed by atoms with van der Waals surface area (Å²) >= 11 is 1.21. The molecule has 2 heterocycles. The molecule has 2 atom stereocenters. The maximum absolute atomic E-state index is 11.2. The summed E-state index contributed by atoms with van der Waals surface area (Å²) in [6.07, 6.45) is 3.82.